The summed E-state index contributed by atoms with van der Waals surface area (Å²) < 4.78 is 5.66. The topological polar surface area (TPSA) is 64.4 Å². The predicted octanol–water partition coefficient (Wildman–Crippen LogP) is 2.33. The summed E-state index contributed by atoms with van der Waals surface area (Å²) in [5.41, 5.74) is 6.82. The molecular formula is C17H24N2O2. The van der Waals surface area contributed by atoms with Crippen LogP contribution in [-0.4, -0.2) is 24.6 Å². The highest BCUT2D eigenvalue weighted by Gasteiger charge is 2.35. The van der Waals surface area contributed by atoms with Gasteiger partial charge in [0.15, 0.2) is 0 Å². The molecule has 1 saturated carbocycles. The lowest BCUT2D eigenvalue weighted by Crippen LogP contribution is -2.55. The van der Waals surface area contributed by atoms with Gasteiger partial charge in [0.25, 0.3) is 0 Å². The van der Waals surface area contributed by atoms with E-state index < -0.39 is 5.54 Å². The monoisotopic (exact) mass is 288 g/mol. The van der Waals surface area contributed by atoms with Crippen LogP contribution in [0.5, 0.6) is 5.75 Å². The van der Waals surface area contributed by atoms with E-state index in [-0.39, 0.29) is 5.91 Å². The molecule has 1 aromatic rings. The highest BCUT2D eigenvalue weighted by Crippen LogP contribution is 2.33. The van der Waals surface area contributed by atoms with Crippen LogP contribution in [0.4, 0.5) is 0 Å². The van der Waals surface area contributed by atoms with Crippen molar-refractivity contribution in [3.05, 3.63) is 29.8 Å². The van der Waals surface area contributed by atoms with Gasteiger partial charge in [-0.1, -0.05) is 37.5 Å². The Morgan fingerprint density at radius 3 is 2.86 bits per heavy atom. The third-order valence-corrected chi connectivity index (χ3v) is 4.79. The summed E-state index contributed by atoms with van der Waals surface area (Å²) in [5.74, 6) is 1.29. The van der Waals surface area contributed by atoms with Gasteiger partial charge in [-0.25, -0.2) is 0 Å². The van der Waals surface area contributed by atoms with E-state index in [2.05, 4.69) is 11.4 Å². The molecule has 114 valence electrons. The lowest BCUT2D eigenvalue weighted by atomic mass is 9.81. The zero-order valence-electron chi connectivity index (χ0n) is 12.4. The number of para-hydroxylation sites is 1. The van der Waals surface area contributed by atoms with Crippen molar-refractivity contribution in [2.24, 2.45) is 5.73 Å². The molecule has 1 unspecified atom stereocenters. The molecule has 2 aliphatic rings. The zero-order chi connectivity index (χ0) is 14.7. The van der Waals surface area contributed by atoms with Crippen molar-refractivity contribution in [1.29, 1.82) is 0 Å². The molecule has 4 nitrogen and oxygen atoms in total. The summed E-state index contributed by atoms with van der Waals surface area (Å²) in [7, 11) is 0. The van der Waals surface area contributed by atoms with Gasteiger partial charge in [-0.15, -0.1) is 0 Å². The average molecular weight is 288 g/mol. The maximum Gasteiger partial charge on any atom is 0.240 e. The van der Waals surface area contributed by atoms with Gasteiger partial charge in [0.05, 0.1) is 12.1 Å². The van der Waals surface area contributed by atoms with Crippen molar-refractivity contribution in [3.63, 3.8) is 0 Å². The molecule has 0 spiro atoms. The normalized spacial score (nSPS) is 23.8. The molecule has 1 aliphatic heterocycles. The van der Waals surface area contributed by atoms with Crippen LogP contribution < -0.4 is 15.8 Å². The van der Waals surface area contributed by atoms with Gasteiger partial charge in [-0.05, 0) is 30.9 Å². The second-order valence-electron chi connectivity index (χ2n) is 6.30. The molecule has 0 bridgehead atoms. The maximum absolute atomic E-state index is 12.4. The molecule has 1 aliphatic carbocycles. The van der Waals surface area contributed by atoms with E-state index in [0.717, 1.165) is 37.9 Å². The molecule has 0 saturated heterocycles. The minimum absolute atomic E-state index is 0.0196. The van der Waals surface area contributed by atoms with Crippen LogP contribution in [-0.2, 0) is 4.79 Å². The number of nitrogens with one attached hydrogen (secondary N) is 1. The third-order valence-electron chi connectivity index (χ3n) is 4.79. The number of amides is 1. The minimum Gasteiger partial charge on any atom is -0.493 e. The van der Waals surface area contributed by atoms with E-state index in [9.17, 15) is 4.79 Å². The SMILES string of the molecule is NC1(C(=O)NCC2CCOc3ccccc32)CCCCC1. The number of carbonyl (C=O) groups excluding carboxylic acids is 1. The van der Waals surface area contributed by atoms with E-state index in [1.807, 2.05) is 18.2 Å². The molecule has 0 radical (unpaired) electrons. The fourth-order valence-electron chi connectivity index (χ4n) is 3.43. The Morgan fingerprint density at radius 1 is 1.29 bits per heavy atom. The van der Waals surface area contributed by atoms with Crippen molar-refractivity contribution >= 4 is 5.91 Å². The smallest absolute Gasteiger partial charge is 0.240 e. The molecule has 3 rings (SSSR count). The van der Waals surface area contributed by atoms with Crippen LogP contribution >= 0.6 is 0 Å². The van der Waals surface area contributed by atoms with Gasteiger partial charge in [-0.3, -0.25) is 4.79 Å². The quantitative estimate of drug-likeness (QED) is 0.897. The first kappa shape index (κ1) is 14.4. The number of rotatable bonds is 3. The number of hydrogen-bond acceptors (Lipinski definition) is 3. The Morgan fingerprint density at radius 2 is 2.05 bits per heavy atom. The number of benzene rings is 1. The fraction of sp³-hybridized carbons (Fsp3) is 0.588. The standard InChI is InChI=1S/C17H24N2O2/c18-17(9-4-1-5-10-17)16(20)19-12-13-8-11-21-15-7-3-2-6-14(13)15/h2-3,6-7,13H,1,4-5,8-12,18H2,(H,19,20). The van der Waals surface area contributed by atoms with Crippen LogP contribution in [0.3, 0.4) is 0 Å². The summed E-state index contributed by atoms with van der Waals surface area (Å²) in [4.78, 5) is 12.4. The number of nitrogens with two attached hydrogens (primary N) is 1. The molecule has 4 heteroatoms. The van der Waals surface area contributed by atoms with Crippen LogP contribution in [0.2, 0.25) is 0 Å². The van der Waals surface area contributed by atoms with Crippen LogP contribution in [0.25, 0.3) is 0 Å². The highest BCUT2D eigenvalue weighted by molar-refractivity contribution is 5.86. The third kappa shape index (κ3) is 3.05. The zero-order valence-corrected chi connectivity index (χ0v) is 12.4. The van der Waals surface area contributed by atoms with Gasteiger partial charge in [-0.2, -0.15) is 0 Å². The average Bonchev–Trinajstić information content (AvgIpc) is 2.53. The molecule has 0 aromatic heterocycles. The number of carbonyl (C=O) groups is 1. The summed E-state index contributed by atoms with van der Waals surface area (Å²) in [6, 6.07) is 8.09. The molecule has 1 atom stereocenters. The molecule has 1 heterocycles. The Bertz CT molecular complexity index is 509. The Kier molecular flexibility index (Phi) is 4.15. The van der Waals surface area contributed by atoms with Crippen molar-refractivity contribution in [2.75, 3.05) is 13.2 Å². The first-order chi connectivity index (χ1) is 10.2. The van der Waals surface area contributed by atoms with Crippen LogP contribution in [0.15, 0.2) is 24.3 Å². The van der Waals surface area contributed by atoms with Crippen LogP contribution in [0, 0.1) is 0 Å². The summed E-state index contributed by atoms with van der Waals surface area (Å²) in [6.45, 7) is 1.36. The molecule has 1 amide bonds. The maximum atomic E-state index is 12.4. The van der Waals surface area contributed by atoms with Gasteiger partial charge >= 0.3 is 0 Å². The van der Waals surface area contributed by atoms with E-state index in [1.54, 1.807) is 0 Å². The first-order valence-corrected chi connectivity index (χ1v) is 7.98. The Labute approximate surface area is 126 Å². The van der Waals surface area contributed by atoms with Gasteiger partial charge in [0, 0.05) is 12.5 Å². The van der Waals surface area contributed by atoms with Gasteiger partial charge < -0.3 is 15.8 Å². The fourth-order valence-corrected chi connectivity index (χ4v) is 3.43. The van der Waals surface area contributed by atoms with Crippen LogP contribution in [0.1, 0.15) is 50.0 Å². The van der Waals surface area contributed by atoms with Crippen molar-refractivity contribution in [3.8, 4) is 5.75 Å². The van der Waals surface area contributed by atoms with E-state index in [0.29, 0.717) is 19.1 Å². The van der Waals surface area contributed by atoms with Gasteiger partial charge in [0.1, 0.15) is 5.75 Å². The first-order valence-electron chi connectivity index (χ1n) is 7.98. The second-order valence-corrected chi connectivity index (χ2v) is 6.30. The molecule has 21 heavy (non-hydrogen) atoms. The highest BCUT2D eigenvalue weighted by atomic mass is 16.5. The second kappa shape index (κ2) is 6.06. The van der Waals surface area contributed by atoms with Crippen molar-refractivity contribution in [2.45, 2.75) is 50.0 Å². The summed E-state index contributed by atoms with van der Waals surface area (Å²) in [6.07, 6.45) is 5.87. The van der Waals surface area contributed by atoms with E-state index in [4.69, 9.17) is 10.5 Å². The summed E-state index contributed by atoms with van der Waals surface area (Å²) in [5, 5.41) is 3.08. The summed E-state index contributed by atoms with van der Waals surface area (Å²) >= 11 is 0. The minimum atomic E-state index is -0.650. The predicted molar refractivity (Wildman–Crippen MR) is 82.3 cm³/mol. The number of ether oxygens (including phenoxy) is 1. The molecule has 1 aromatic carbocycles. The van der Waals surface area contributed by atoms with Gasteiger partial charge in [0.2, 0.25) is 5.91 Å². The van der Waals surface area contributed by atoms with E-state index in [1.165, 1.54) is 12.0 Å². The number of hydrogen-bond donors (Lipinski definition) is 2. The lowest BCUT2D eigenvalue weighted by Gasteiger charge is -2.33. The molecular weight excluding hydrogens is 264 g/mol. The molecule has 1 fully saturated rings. The Balaban J connectivity index is 1.62. The lowest BCUT2D eigenvalue weighted by molar-refractivity contribution is -0.127. The number of fused-ring (bicyclic) bond motifs is 1. The van der Waals surface area contributed by atoms with Crippen molar-refractivity contribution < 1.29 is 9.53 Å². The largest absolute Gasteiger partial charge is 0.493 e. The Hall–Kier alpha value is -1.55. The van der Waals surface area contributed by atoms with E-state index >= 15 is 0 Å². The van der Waals surface area contributed by atoms with Crippen molar-refractivity contribution in [1.82, 2.24) is 5.32 Å². The molecule has 3 N–H and O–H groups in total.